The van der Waals surface area contributed by atoms with Crippen LogP contribution < -0.4 is 0 Å². The molecule has 0 atom stereocenters. The second-order valence-corrected chi connectivity index (χ2v) is 4.81. The summed E-state index contributed by atoms with van der Waals surface area (Å²) >= 11 is 5.86. The largest absolute Gasteiger partial charge is 0.253 e. The van der Waals surface area contributed by atoms with Crippen molar-refractivity contribution < 1.29 is 0 Å². The van der Waals surface area contributed by atoms with E-state index in [9.17, 15) is 0 Å². The normalized spacial score (nSPS) is 10.4. The zero-order chi connectivity index (χ0) is 11.4. The molecular formula is C11H11N3S2. The van der Waals surface area contributed by atoms with E-state index < -0.39 is 0 Å². The summed E-state index contributed by atoms with van der Waals surface area (Å²) < 4.78 is 0. The van der Waals surface area contributed by atoms with Crippen LogP contribution in [0.5, 0.6) is 0 Å². The average molecular weight is 249 g/mol. The molecule has 2 aromatic rings. The van der Waals surface area contributed by atoms with Gasteiger partial charge < -0.3 is 0 Å². The van der Waals surface area contributed by atoms with Crippen molar-refractivity contribution in [3.8, 4) is 11.4 Å². The maximum Gasteiger partial charge on any atom is 0.111 e. The van der Waals surface area contributed by atoms with Gasteiger partial charge in [-0.1, -0.05) is 6.92 Å². The molecule has 0 fully saturated rings. The van der Waals surface area contributed by atoms with Crippen molar-refractivity contribution in [1.82, 2.24) is 15.0 Å². The third-order valence-electron chi connectivity index (χ3n) is 1.95. The first kappa shape index (κ1) is 11.4. The summed E-state index contributed by atoms with van der Waals surface area (Å²) in [6.45, 7) is 2.12. The molecule has 0 N–H and O–H groups in total. The minimum Gasteiger partial charge on any atom is -0.253 e. The molecule has 0 saturated carbocycles. The van der Waals surface area contributed by atoms with Crippen molar-refractivity contribution >= 4 is 24.4 Å². The molecule has 0 aliphatic carbocycles. The van der Waals surface area contributed by atoms with Gasteiger partial charge >= 0.3 is 0 Å². The summed E-state index contributed by atoms with van der Waals surface area (Å²) in [7, 11) is 0. The summed E-state index contributed by atoms with van der Waals surface area (Å²) in [5.41, 5.74) is 1.67. The minimum atomic E-state index is 0.615. The van der Waals surface area contributed by atoms with Crippen LogP contribution in [0, 0.1) is 0 Å². The summed E-state index contributed by atoms with van der Waals surface area (Å²) in [6, 6.07) is 3.98. The lowest BCUT2D eigenvalue weighted by Gasteiger charge is -2.05. The molecule has 0 aliphatic rings. The van der Waals surface area contributed by atoms with Crippen molar-refractivity contribution in [2.75, 3.05) is 5.75 Å². The average Bonchev–Trinajstić information content (AvgIpc) is 2.32. The van der Waals surface area contributed by atoms with Gasteiger partial charge in [-0.05, 0) is 17.9 Å². The molecule has 2 rings (SSSR count). The first-order valence-electron chi connectivity index (χ1n) is 4.90. The van der Waals surface area contributed by atoms with Crippen LogP contribution >= 0.6 is 24.4 Å². The van der Waals surface area contributed by atoms with Crippen LogP contribution in [0.4, 0.5) is 0 Å². The summed E-state index contributed by atoms with van der Waals surface area (Å²) in [5, 5.41) is 0.615. The summed E-state index contributed by atoms with van der Waals surface area (Å²) in [6.07, 6.45) is 5.10. The van der Waals surface area contributed by atoms with E-state index >= 15 is 0 Å². The molecule has 5 heteroatoms. The molecule has 0 radical (unpaired) electrons. The van der Waals surface area contributed by atoms with E-state index in [1.54, 1.807) is 30.4 Å². The Hall–Kier alpha value is -1.07. The highest BCUT2D eigenvalue weighted by Gasteiger charge is 2.07. The molecule has 0 aliphatic heterocycles. The second kappa shape index (κ2) is 5.32. The number of hydrogen-bond acceptors (Lipinski definition) is 5. The van der Waals surface area contributed by atoms with Gasteiger partial charge in [-0.2, -0.15) is 0 Å². The predicted molar refractivity (Wildman–Crippen MR) is 68.9 cm³/mol. The number of thioether (sulfide) groups is 1. The number of thiol groups is 1. The molecule has 3 nitrogen and oxygen atoms in total. The molecule has 2 aromatic heterocycles. The van der Waals surface area contributed by atoms with Crippen molar-refractivity contribution in [2.24, 2.45) is 0 Å². The molecule has 0 spiro atoms. The smallest absolute Gasteiger partial charge is 0.111 e. The van der Waals surface area contributed by atoms with E-state index in [1.807, 2.05) is 12.1 Å². The Labute approximate surface area is 104 Å². The van der Waals surface area contributed by atoms with E-state index in [2.05, 4.69) is 34.5 Å². The van der Waals surface area contributed by atoms with Gasteiger partial charge in [-0.15, -0.1) is 24.4 Å². The van der Waals surface area contributed by atoms with Crippen LogP contribution in [0.1, 0.15) is 6.92 Å². The lowest BCUT2D eigenvalue weighted by molar-refractivity contribution is 1.05. The fourth-order valence-electron chi connectivity index (χ4n) is 1.30. The predicted octanol–water partition coefficient (Wildman–Crippen LogP) is 2.94. The van der Waals surface area contributed by atoms with Crippen LogP contribution in [0.2, 0.25) is 0 Å². The van der Waals surface area contributed by atoms with Gasteiger partial charge in [0.15, 0.2) is 0 Å². The quantitative estimate of drug-likeness (QED) is 0.670. The number of nitrogens with zero attached hydrogens (tertiary/aromatic N) is 3. The van der Waals surface area contributed by atoms with Crippen molar-refractivity contribution in [1.29, 1.82) is 0 Å². The lowest BCUT2D eigenvalue weighted by atomic mass is 10.3. The van der Waals surface area contributed by atoms with Crippen molar-refractivity contribution in [2.45, 2.75) is 16.8 Å². The van der Waals surface area contributed by atoms with Gasteiger partial charge in [0.2, 0.25) is 0 Å². The molecule has 0 bridgehead atoms. The highest BCUT2D eigenvalue weighted by atomic mass is 32.2. The molecule has 0 saturated heterocycles. The Bertz CT molecular complexity index is 471. The zero-order valence-electron chi connectivity index (χ0n) is 8.79. The van der Waals surface area contributed by atoms with Crippen LogP contribution in [-0.2, 0) is 0 Å². The topological polar surface area (TPSA) is 38.7 Å². The first-order valence-corrected chi connectivity index (χ1v) is 6.33. The highest BCUT2D eigenvalue weighted by Crippen LogP contribution is 2.27. The van der Waals surface area contributed by atoms with E-state index in [-0.39, 0.29) is 0 Å². The van der Waals surface area contributed by atoms with E-state index in [1.165, 1.54) is 0 Å². The van der Waals surface area contributed by atoms with Gasteiger partial charge in [-0.3, -0.25) is 9.97 Å². The third kappa shape index (κ3) is 2.54. The zero-order valence-corrected chi connectivity index (χ0v) is 10.5. The highest BCUT2D eigenvalue weighted by molar-refractivity contribution is 7.99. The van der Waals surface area contributed by atoms with Gasteiger partial charge in [-0.25, -0.2) is 4.98 Å². The van der Waals surface area contributed by atoms with Gasteiger partial charge in [0, 0.05) is 11.1 Å². The number of aromatic nitrogens is 3. The minimum absolute atomic E-state index is 0.615. The lowest BCUT2D eigenvalue weighted by Crippen LogP contribution is -1.91. The molecule has 0 aromatic carbocycles. The van der Waals surface area contributed by atoms with E-state index in [0.717, 1.165) is 22.0 Å². The molecule has 16 heavy (non-hydrogen) atoms. The van der Waals surface area contributed by atoms with Gasteiger partial charge in [0.05, 0.1) is 12.4 Å². The third-order valence-corrected chi connectivity index (χ3v) is 3.11. The Kier molecular flexibility index (Phi) is 3.79. The molecule has 2 heterocycles. The number of hydrogen-bond donors (Lipinski definition) is 1. The Balaban J connectivity index is 2.42. The van der Waals surface area contributed by atoms with Crippen LogP contribution in [0.15, 0.2) is 40.6 Å². The molecule has 0 unspecified atom stereocenters. The molecule has 0 amide bonds. The second-order valence-electron chi connectivity index (χ2n) is 3.04. The molecule has 82 valence electrons. The Morgan fingerprint density at radius 2 is 2.12 bits per heavy atom. The standard InChI is InChI=1S/C11H11N3S2/c1-2-16-9-4-3-5-12-11(9)8-6-14-10(15)7-13-8/h3-7H,2H2,1H3,(H,14,15). The maximum absolute atomic E-state index is 4.35. The number of pyridine rings is 1. The fourth-order valence-corrected chi connectivity index (χ4v) is 2.19. The van der Waals surface area contributed by atoms with Crippen LogP contribution in [-0.4, -0.2) is 20.7 Å². The van der Waals surface area contributed by atoms with Crippen LogP contribution in [0.3, 0.4) is 0 Å². The maximum atomic E-state index is 4.35. The Morgan fingerprint density at radius 3 is 2.81 bits per heavy atom. The summed E-state index contributed by atoms with van der Waals surface area (Å²) in [4.78, 5) is 13.9. The van der Waals surface area contributed by atoms with E-state index in [0.29, 0.717) is 5.03 Å². The SMILES string of the molecule is CCSc1cccnc1-c1cnc(S)cn1. The van der Waals surface area contributed by atoms with Gasteiger partial charge in [0.25, 0.3) is 0 Å². The van der Waals surface area contributed by atoms with Crippen molar-refractivity contribution in [3.05, 3.63) is 30.7 Å². The monoisotopic (exact) mass is 249 g/mol. The fraction of sp³-hybridized carbons (Fsp3) is 0.182. The van der Waals surface area contributed by atoms with Gasteiger partial charge in [0.1, 0.15) is 16.4 Å². The van der Waals surface area contributed by atoms with Crippen LogP contribution in [0.25, 0.3) is 11.4 Å². The van der Waals surface area contributed by atoms with E-state index in [4.69, 9.17) is 0 Å². The van der Waals surface area contributed by atoms with Crippen molar-refractivity contribution in [3.63, 3.8) is 0 Å². The summed E-state index contributed by atoms with van der Waals surface area (Å²) in [5.74, 6) is 1.01. The number of rotatable bonds is 3. The molecular weight excluding hydrogens is 238 g/mol. The first-order chi connectivity index (χ1) is 7.81. The Morgan fingerprint density at radius 1 is 1.25 bits per heavy atom.